The van der Waals surface area contributed by atoms with Gasteiger partial charge in [0.05, 0.1) is 17.9 Å². The van der Waals surface area contributed by atoms with Gasteiger partial charge in [-0.2, -0.15) is 8.42 Å². The molecule has 0 fully saturated rings. The molecule has 3 rings (SSSR count). The third kappa shape index (κ3) is 7.49. The summed E-state index contributed by atoms with van der Waals surface area (Å²) in [6, 6.07) is 12.3. The highest BCUT2D eigenvalue weighted by molar-refractivity contribution is 7.81. The molecule has 12 heteroatoms. The van der Waals surface area contributed by atoms with Crippen molar-refractivity contribution in [1.82, 2.24) is 9.55 Å². The van der Waals surface area contributed by atoms with E-state index in [-0.39, 0.29) is 36.4 Å². The molecule has 1 amide bonds. The standard InChI is InChI=1S/C26H29N3O8S/c1-4-8-22-21(26(32)29(17(3)27-22)16-24(30)36-5-2)15-18-11-13-19(14-12-18)28-25(31)20-9-6-7-10-23(20)37-38(33,34)35/h6-7,9-14H,4-5,8,15-16H2,1-3H3,(H,28,31)(H,33,34,35). The lowest BCUT2D eigenvalue weighted by Gasteiger charge is -2.15. The molecule has 0 saturated heterocycles. The van der Waals surface area contributed by atoms with Crippen LogP contribution in [0.4, 0.5) is 5.69 Å². The van der Waals surface area contributed by atoms with E-state index in [4.69, 9.17) is 9.29 Å². The zero-order valence-electron chi connectivity index (χ0n) is 21.3. The lowest BCUT2D eigenvalue weighted by Crippen LogP contribution is -2.32. The molecule has 0 unspecified atom stereocenters. The van der Waals surface area contributed by atoms with E-state index >= 15 is 0 Å². The van der Waals surface area contributed by atoms with E-state index in [1.165, 1.54) is 28.8 Å². The van der Waals surface area contributed by atoms with Gasteiger partial charge in [0.15, 0.2) is 5.75 Å². The Kier molecular flexibility index (Phi) is 9.37. The number of rotatable bonds is 11. The summed E-state index contributed by atoms with van der Waals surface area (Å²) in [4.78, 5) is 42.6. The summed E-state index contributed by atoms with van der Waals surface area (Å²) in [5, 5.41) is 2.64. The number of aryl methyl sites for hydroxylation is 2. The van der Waals surface area contributed by atoms with Gasteiger partial charge in [0.2, 0.25) is 0 Å². The van der Waals surface area contributed by atoms with Crippen molar-refractivity contribution in [3.63, 3.8) is 0 Å². The van der Waals surface area contributed by atoms with Crippen molar-refractivity contribution in [2.45, 2.75) is 46.6 Å². The van der Waals surface area contributed by atoms with Crippen LogP contribution in [0.3, 0.4) is 0 Å². The van der Waals surface area contributed by atoms with Gasteiger partial charge >= 0.3 is 16.4 Å². The number of nitrogens with one attached hydrogen (secondary N) is 1. The average molecular weight is 544 g/mol. The quantitative estimate of drug-likeness (QED) is 0.274. The summed E-state index contributed by atoms with van der Waals surface area (Å²) in [5.41, 5.74) is 1.95. The van der Waals surface area contributed by atoms with E-state index in [1.807, 2.05) is 6.92 Å². The third-order valence-corrected chi connectivity index (χ3v) is 5.93. The fourth-order valence-electron chi connectivity index (χ4n) is 3.85. The van der Waals surface area contributed by atoms with Crippen LogP contribution in [0.25, 0.3) is 0 Å². The van der Waals surface area contributed by atoms with Crippen molar-refractivity contribution in [1.29, 1.82) is 0 Å². The van der Waals surface area contributed by atoms with Crippen LogP contribution in [0.2, 0.25) is 0 Å². The zero-order valence-corrected chi connectivity index (χ0v) is 22.1. The van der Waals surface area contributed by atoms with Crippen LogP contribution >= 0.6 is 0 Å². The Labute approximate surface area is 220 Å². The molecule has 0 aliphatic carbocycles. The van der Waals surface area contributed by atoms with Gasteiger partial charge < -0.3 is 14.2 Å². The molecule has 3 aromatic rings. The minimum Gasteiger partial charge on any atom is -0.465 e. The third-order valence-electron chi connectivity index (χ3n) is 5.54. The molecule has 0 spiro atoms. The van der Waals surface area contributed by atoms with Gasteiger partial charge in [-0.3, -0.25) is 23.5 Å². The molecule has 0 radical (unpaired) electrons. The second-order valence-electron chi connectivity index (χ2n) is 8.37. The zero-order chi connectivity index (χ0) is 27.9. The van der Waals surface area contributed by atoms with Gasteiger partial charge in [-0.05, 0) is 50.1 Å². The molecular weight excluding hydrogens is 514 g/mol. The fourth-order valence-corrected chi connectivity index (χ4v) is 4.22. The number of carbonyl (C=O) groups excluding carboxylic acids is 2. The van der Waals surface area contributed by atoms with Gasteiger partial charge in [-0.15, -0.1) is 0 Å². The predicted molar refractivity (Wildman–Crippen MR) is 140 cm³/mol. The molecule has 0 atom stereocenters. The first-order valence-corrected chi connectivity index (χ1v) is 13.3. The number of hydrogen-bond donors (Lipinski definition) is 2. The maximum absolute atomic E-state index is 13.3. The van der Waals surface area contributed by atoms with Crippen molar-refractivity contribution in [3.8, 4) is 5.75 Å². The smallest absolute Gasteiger partial charge is 0.446 e. The minimum atomic E-state index is -4.81. The fraction of sp³-hybridized carbons (Fsp3) is 0.308. The number of esters is 1. The van der Waals surface area contributed by atoms with Crippen LogP contribution in [0.15, 0.2) is 53.3 Å². The number of hydrogen-bond acceptors (Lipinski definition) is 8. The number of para-hydroxylation sites is 1. The molecule has 1 aromatic heterocycles. The second kappa shape index (κ2) is 12.5. The first-order chi connectivity index (χ1) is 18.0. The number of ether oxygens (including phenoxy) is 1. The van der Waals surface area contributed by atoms with E-state index in [0.717, 1.165) is 12.0 Å². The summed E-state index contributed by atoms with van der Waals surface area (Å²) in [7, 11) is -4.81. The van der Waals surface area contributed by atoms with Crippen molar-refractivity contribution >= 4 is 28.0 Å². The number of anilines is 1. The minimum absolute atomic E-state index is 0.0914. The van der Waals surface area contributed by atoms with E-state index in [1.54, 1.807) is 38.1 Å². The maximum Gasteiger partial charge on any atom is 0.446 e. The van der Waals surface area contributed by atoms with Crippen LogP contribution in [0.1, 0.15) is 53.3 Å². The van der Waals surface area contributed by atoms with Crippen LogP contribution in [-0.2, 0) is 39.3 Å². The molecule has 2 aromatic carbocycles. The first-order valence-electron chi connectivity index (χ1n) is 11.9. The van der Waals surface area contributed by atoms with E-state index in [0.29, 0.717) is 29.2 Å². The Morgan fingerprint density at radius 1 is 1.08 bits per heavy atom. The second-order valence-corrected chi connectivity index (χ2v) is 9.39. The topological polar surface area (TPSA) is 154 Å². The van der Waals surface area contributed by atoms with Crippen molar-refractivity contribution in [2.75, 3.05) is 11.9 Å². The van der Waals surface area contributed by atoms with Gasteiger partial charge in [-0.25, -0.2) is 4.98 Å². The van der Waals surface area contributed by atoms with Crippen LogP contribution in [0, 0.1) is 6.92 Å². The molecule has 38 heavy (non-hydrogen) atoms. The molecule has 11 nitrogen and oxygen atoms in total. The highest BCUT2D eigenvalue weighted by Gasteiger charge is 2.19. The van der Waals surface area contributed by atoms with Crippen molar-refractivity contribution in [3.05, 3.63) is 87.1 Å². The summed E-state index contributed by atoms with van der Waals surface area (Å²) in [6.45, 7) is 5.35. The van der Waals surface area contributed by atoms with Crippen LogP contribution in [0.5, 0.6) is 5.75 Å². The predicted octanol–water partition coefficient (Wildman–Crippen LogP) is 3.09. The monoisotopic (exact) mass is 543 g/mol. The molecule has 0 bridgehead atoms. The number of amides is 1. The summed E-state index contributed by atoms with van der Waals surface area (Å²) in [5.74, 6) is -1.05. The molecule has 2 N–H and O–H groups in total. The first kappa shape index (κ1) is 28.5. The number of carbonyl (C=O) groups is 2. The average Bonchev–Trinajstić information content (AvgIpc) is 2.85. The molecular formula is C26H29N3O8S. The van der Waals surface area contributed by atoms with Gasteiger partial charge in [0, 0.05) is 17.7 Å². The van der Waals surface area contributed by atoms with Crippen molar-refractivity contribution < 1.29 is 31.5 Å². The molecule has 0 aliphatic heterocycles. The van der Waals surface area contributed by atoms with E-state index < -0.39 is 22.3 Å². The highest BCUT2D eigenvalue weighted by atomic mass is 32.3. The SMILES string of the molecule is CCCc1nc(C)n(CC(=O)OCC)c(=O)c1Cc1ccc(NC(=O)c2ccccc2OS(=O)(=O)O)cc1. The normalized spacial score (nSPS) is 11.2. The Morgan fingerprint density at radius 2 is 1.76 bits per heavy atom. The lowest BCUT2D eigenvalue weighted by atomic mass is 10.0. The Bertz CT molecular complexity index is 1480. The van der Waals surface area contributed by atoms with Crippen molar-refractivity contribution in [2.24, 2.45) is 0 Å². The Balaban J connectivity index is 1.83. The summed E-state index contributed by atoms with van der Waals surface area (Å²) >= 11 is 0. The summed E-state index contributed by atoms with van der Waals surface area (Å²) < 4.78 is 41.9. The summed E-state index contributed by atoms with van der Waals surface area (Å²) in [6.07, 6.45) is 1.66. The largest absolute Gasteiger partial charge is 0.465 e. The molecule has 0 aliphatic rings. The van der Waals surface area contributed by atoms with Gasteiger partial charge in [0.1, 0.15) is 12.4 Å². The number of aromatic nitrogens is 2. The molecule has 1 heterocycles. The number of nitrogens with zero attached hydrogens (tertiary/aromatic N) is 2. The van der Waals surface area contributed by atoms with E-state index in [9.17, 15) is 22.8 Å². The molecule has 202 valence electrons. The Morgan fingerprint density at radius 3 is 2.39 bits per heavy atom. The maximum atomic E-state index is 13.3. The van der Waals surface area contributed by atoms with E-state index in [2.05, 4.69) is 14.5 Å². The van der Waals surface area contributed by atoms with Crippen LogP contribution in [-0.4, -0.2) is 41.0 Å². The highest BCUT2D eigenvalue weighted by Crippen LogP contribution is 2.22. The molecule has 0 saturated carbocycles. The Hall–Kier alpha value is -4.03. The lowest BCUT2D eigenvalue weighted by molar-refractivity contribution is -0.143. The van der Waals surface area contributed by atoms with Crippen LogP contribution < -0.4 is 15.1 Å². The number of benzene rings is 2. The van der Waals surface area contributed by atoms with Gasteiger partial charge in [0.25, 0.3) is 11.5 Å². The van der Waals surface area contributed by atoms with Gasteiger partial charge in [-0.1, -0.05) is 37.6 Å².